The molecule has 2 N–H and O–H groups in total. The first-order valence-electron chi connectivity index (χ1n) is 4.32. The van der Waals surface area contributed by atoms with Crippen LogP contribution in [0.4, 0.5) is 4.79 Å². The van der Waals surface area contributed by atoms with E-state index < -0.39 is 18.1 Å². The van der Waals surface area contributed by atoms with Crippen LogP contribution in [0.1, 0.15) is 6.42 Å². The highest BCUT2D eigenvalue weighted by Gasteiger charge is 2.39. The SMILES string of the molecule is CN(C)C(=O)N1C[C@@H](O)C[C@H]1C(=O)O. The van der Waals surface area contributed by atoms with E-state index in [-0.39, 0.29) is 19.0 Å². The van der Waals surface area contributed by atoms with Crippen LogP contribution in [0.25, 0.3) is 0 Å². The normalized spacial score (nSPS) is 26.4. The van der Waals surface area contributed by atoms with Crippen molar-refractivity contribution in [1.82, 2.24) is 9.80 Å². The molecule has 0 aromatic heterocycles. The minimum atomic E-state index is -1.07. The Morgan fingerprint density at radius 1 is 1.43 bits per heavy atom. The molecule has 0 radical (unpaired) electrons. The quantitative estimate of drug-likeness (QED) is 0.582. The minimum absolute atomic E-state index is 0.0913. The largest absolute Gasteiger partial charge is 0.480 e. The van der Waals surface area contributed by atoms with Gasteiger partial charge < -0.3 is 20.0 Å². The second-order valence-corrected chi connectivity index (χ2v) is 3.57. The van der Waals surface area contributed by atoms with E-state index in [1.807, 2.05) is 0 Å². The van der Waals surface area contributed by atoms with Gasteiger partial charge >= 0.3 is 12.0 Å². The van der Waals surface area contributed by atoms with Crippen molar-refractivity contribution in [1.29, 1.82) is 0 Å². The third-order valence-corrected chi connectivity index (χ3v) is 2.19. The lowest BCUT2D eigenvalue weighted by atomic mass is 10.2. The number of nitrogens with zero attached hydrogens (tertiary/aromatic N) is 2. The van der Waals surface area contributed by atoms with Gasteiger partial charge in [-0.3, -0.25) is 0 Å². The van der Waals surface area contributed by atoms with Crippen LogP contribution in [-0.2, 0) is 4.79 Å². The third kappa shape index (κ3) is 1.95. The van der Waals surface area contributed by atoms with Crippen molar-refractivity contribution in [3.63, 3.8) is 0 Å². The number of aliphatic hydroxyl groups excluding tert-OH is 1. The lowest BCUT2D eigenvalue weighted by Gasteiger charge is -2.24. The van der Waals surface area contributed by atoms with Gasteiger partial charge in [-0.1, -0.05) is 0 Å². The van der Waals surface area contributed by atoms with Crippen LogP contribution < -0.4 is 0 Å². The van der Waals surface area contributed by atoms with E-state index in [0.29, 0.717) is 0 Å². The van der Waals surface area contributed by atoms with E-state index in [1.54, 1.807) is 14.1 Å². The number of carboxylic acids is 1. The second-order valence-electron chi connectivity index (χ2n) is 3.57. The van der Waals surface area contributed by atoms with Crippen molar-refractivity contribution in [2.45, 2.75) is 18.6 Å². The van der Waals surface area contributed by atoms with E-state index in [0.717, 1.165) is 0 Å². The molecule has 0 unspecified atom stereocenters. The molecule has 2 amide bonds. The van der Waals surface area contributed by atoms with Crippen LogP contribution >= 0.6 is 0 Å². The predicted octanol–water partition coefficient (Wildman–Crippen LogP) is -0.812. The summed E-state index contributed by atoms with van der Waals surface area (Å²) in [6, 6.07) is -1.28. The summed E-state index contributed by atoms with van der Waals surface area (Å²) in [5.41, 5.74) is 0. The zero-order chi connectivity index (χ0) is 10.9. The molecule has 1 aliphatic rings. The number of hydrogen-bond acceptors (Lipinski definition) is 3. The number of aliphatic hydroxyl groups is 1. The molecule has 0 bridgehead atoms. The van der Waals surface area contributed by atoms with Crippen LogP contribution in [0, 0.1) is 0 Å². The van der Waals surface area contributed by atoms with E-state index >= 15 is 0 Å². The molecule has 0 saturated carbocycles. The lowest BCUT2D eigenvalue weighted by molar-refractivity contribution is -0.141. The van der Waals surface area contributed by atoms with Gasteiger partial charge in [0.05, 0.1) is 6.10 Å². The molecule has 1 heterocycles. The van der Waals surface area contributed by atoms with Crippen molar-refractivity contribution in [2.24, 2.45) is 0 Å². The molecule has 1 fully saturated rings. The van der Waals surface area contributed by atoms with Crippen LogP contribution in [-0.4, -0.2) is 64.8 Å². The predicted molar refractivity (Wildman–Crippen MR) is 47.8 cm³/mol. The monoisotopic (exact) mass is 202 g/mol. The van der Waals surface area contributed by atoms with Crippen LogP contribution in [0.2, 0.25) is 0 Å². The van der Waals surface area contributed by atoms with Crippen LogP contribution in [0.3, 0.4) is 0 Å². The van der Waals surface area contributed by atoms with Gasteiger partial charge in [0.25, 0.3) is 0 Å². The zero-order valence-corrected chi connectivity index (χ0v) is 8.17. The van der Waals surface area contributed by atoms with Gasteiger partial charge in [0.2, 0.25) is 0 Å². The van der Waals surface area contributed by atoms with Crippen molar-refractivity contribution in [2.75, 3.05) is 20.6 Å². The molecule has 14 heavy (non-hydrogen) atoms. The highest BCUT2D eigenvalue weighted by atomic mass is 16.4. The fourth-order valence-electron chi connectivity index (χ4n) is 1.52. The fraction of sp³-hybridized carbons (Fsp3) is 0.750. The molecule has 1 aliphatic heterocycles. The van der Waals surface area contributed by atoms with Gasteiger partial charge in [0.15, 0.2) is 0 Å². The van der Waals surface area contributed by atoms with Gasteiger partial charge in [0, 0.05) is 27.1 Å². The summed E-state index contributed by atoms with van der Waals surface area (Å²) in [4.78, 5) is 24.7. The van der Waals surface area contributed by atoms with Crippen molar-refractivity contribution < 1.29 is 19.8 Å². The van der Waals surface area contributed by atoms with Gasteiger partial charge in [-0.2, -0.15) is 0 Å². The van der Waals surface area contributed by atoms with E-state index in [4.69, 9.17) is 5.11 Å². The van der Waals surface area contributed by atoms with E-state index in [1.165, 1.54) is 9.80 Å². The molecule has 80 valence electrons. The Morgan fingerprint density at radius 2 is 2.00 bits per heavy atom. The summed E-state index contributed by atoms with van der Waals surface area (Å²) in [7, 11) is 3.10. The Balaban J connectivity index is 2.76. The Hall–Kier alpha value is -1.30. The first-order chi connectivity index (χ1) is 6.43. The number of rotatable bonds is 1. The Bertz CT molecular complexity index is 254. The lowest BCUT2D eigenvalue weighted by Crippen LogP contribution is -2.45. The van der Waals surface area contributed by atoms with Gasteiger partial charge in [-0.25, -0.2) is 9.59 Å². The first kappa shape index (κ1) is 10.8. The average molecular weight is 202 g/mol. The Morgan fingerprint density at radius 3 is 2.43 bits per heavy atom. The number of hydrogen-bond donors (Lipinski definition) is 2. The minimum Gasteiger partial charge on any atom is -0.480 e. The number of carbonyl (C=O) groups is 2. The van der Waals surface area contributed by atoms with E-state index in [9.17, 15) is 14.7 Å². The number of urea groups is 1. The summed E-state index contributed by atoms with van der Waals surface area (Å²) in [5, 5.41) is 18.1. The molecule has 0 aliphatic carbocycles. The molecule has 1 saturated heterocycles. The molecule has 0 aromatic rings. The van der Waals surface area contributed by atoms with Gasteiger partial charge in [-0.05, 0) is 0 Å². The molecule has 0 spiro atoms. The maximum Gasteiger partial charge on any atom is 0.326 e. The molecule has 6 heteroatoms. The number of aliphatic carboxylic acids is 1. The number of carboxylic acid groups (broad SMARTS) is 1. The molecule has 6 nitrogen and oxygen atoms in total. The topological polar surface area (TPSA) is 81.1 Å². The van der Waals surface area contributed by atoms with Crippen molar-refractivity contribution in [3.8, 4) is 0 Å². The van der Waals surface area contributed by atoms with E-state index in [2.05, 4.69) is 0 Å². The molecule has 1 rings (SSSR count). The van der Waals surface area contributed by atoms with Crippen molar-refractivity contribution in [3.05, 3.63) is 0 Å². The third-order valence-electron chi connectivity index (χ3n) is 2.19. The Kier molecular flexibility index (Phi) is 2.95. The van der Waals surface area contributed by atoms with Gasteiger partial charge in [-0.15, -0.1) is 0 Å². The number of likely N-dealkylation sites (tertiary alicyclic amines) is 1. The second kappa shape index (κ2) is 3.83. The van der Waals surface area contributed by atoms with Gasteiger partial charge in [0.1, 0.15) is 6.04 Å². The molecular formula is C8H14N2O4. The first-order valence-corrected chi connectivity index (χ1v) is 4.32. The Labute approximate surface area is 81.7 Å². The standard InChI is InChI=1S/C8H14N2O4/c1-9(2)8(14)10-4-5(11)3-6(10)7(12)13/h5-6,11H,3-4H2,1-2H3,(H,12,13)/t5-,6-/m0/s1. The number of carbonyl (C=O) groups excluding carboxylic acids is 1. The summed E-state index contributed by atoms with van der Waals surface area (Å²) in [6.07, 6.45) is -0.630. The highest BCUT2D eigenvalue weighted by Crippen LogP contribution is 2.19. The summed E-state index contributed by atoms with van der Waals surface area (Å²) in [5.74, 6) is -1.07. The maximum atomic E-state index is 11.5. The molecular weight excluding hydrogens is 188 g/mol. The number of amides is 2. The maximum absolute atomic E-state index is 11.5. The average Bonchev–Trinajstić information content (AvgIpc) is 2.45. The summed E-state index contributed by atoms with van der Waals surface area (Å²) >= 11 is 0. The highest BCUT2D eigenvalue weighted by molar-refractivity contribution is 5.83. The van der Waals surface area contributed by atoms with Crippen molar-refractivity contribution >= 4 is 12.0 Å². The number of β-amino-alcohol motifs (C(OH)–C–C–N with tert-alkyl or cyclic N) is 1. The zero-order valence-electron chi connectivity index (χ0n) is 8.17. The smallest absolute Gasteiger partial charge is 0.326 e. The fourth-order valence-corrected chi connectivity index (χ4v) is 1.52. The van der Waals surface area contributed by atoms with Crippen LogP contribution in [0.15, 0.2) is 0 Å². The molecule has 2 atom stereocenters. The van der Waals surface area contributed by atoms with Crippen LogP contribution in [0.5, 0.6) is 0 Å². The summed E-state index contributed by atoms with van der Waals surface area (Å²) < 4.78 is 0. The summed E-state index contributed by atoms with van der Waals surface area (Å²) in [6.45, 7) is 0.0913. The molecule has 0 aromatic carbocycles.